The molecule has 0 saturated heterocycles. The Morgan fingerprint density at radius 1 is 1.30 bits per heavy atom. The van der Waals surface area contributed by atoms with Crippen LogP contribution in [0.4, 0.5) is 0 Å². The zero-order chi connectivity index (χ0) is 14.5. The fourth-order valence-corrected chi connectivity index (χ4v) is 2.21. The number of hydrogen-bond acceptors (Lipinski definition) is 4. The molecule has 20 heavy (non-hydrogen) atoms. The van der Waals surface area contributed by atoms with Crippen LogP contribution < -0.4 is 5.73 Å². The molecular formula is C15H22N4O. The third-order valence-corrected chi connectivity index (χ3v) is 3.30. The molecule has 3 N–H and O–H groups in total. The second-order valence-corrected chi connectivity index (χ2v) is 5.18. The summed E-state index contributed by atoms with van der Waals surface area (Å²) in [4.78, 5) is 2.08. The molecule has 0 aliphatic rings. The van der Waals surface area contributed by atoms with E-state index in [0.29, 0.717) is 13.1 Å². The standard InChI is InChI=1S/C15H22N4O/c1-18(9-13-8-17-19(2)10-13)11-15(20)14-5-3-12(7-16)4-6-14/h3-6,8,10,15,20H,7,9,11,16H2,1-2H3. The first-order valence-electron chi connectivity index (χ1n) is 6.71. The van der Waals surface area contributed by atoms with Gasteiger partial charge in [0, 0.05) is 38.4 Å². The Kier molecular flexibility index (Phi) is 4.89. The Morgan fingerprint density at radius 2 is 2.00 bits per heavy atom. The summed E-state index contributed by atoms with van der Waals surface area (Å²) >= 11 is 0. The first-order valence-corrected chi connectivity index (χ1v) is 6.71. The molecule has 108 valence electrons. The quantitative estimate of drug-likeness (QED) is 0.826. The predicted octanol–water partition coefficient (Wildman–Crippen LogP) is 1.04. The molecule has 0 saturated carbocycles. The number of aryl methyl sites for hydroxylation is 1. The van der Waals surface area contributed by atoms with E-state index >= 15 is 0 Å². The summed E-state index contributed by atoms with van der Waals surface area (Å²) in [6, 6.07) is 7.79. The van der Waals surface area contributed by atoms with Crippen molar-refractivity contribution in [2.24, 2.45) is 12.8 Å². The number of rotatable bonds is 6. The fourth-order valence-electron chi connectivity index (χ4n) is 2.21. The van der Waals surface area contributed by atoms with Gasteiger partial charge in [-0.3, -0.25) is 9.58 Å². The second kappa shape index (κ2) is 6.65. The first-order chi connectivity index (χ1) is 9.58. The van der Waals surface area contributed by atoms with Crippen molar-refractivity contribution < 1.29 is 5.11 Å². The smallest absolute Gasteiger partial charge is 0.0916 e. The van der Waals surface area contributed by atoms with Crippen LogP contribution in [0, 0.1) is 0 Å². The molecule has 0 fully saturated rings. The number of hydrogen-bond donors (Lipinski definition) is 2. The predicted molar refractivity (Wildman–Crippen MR) is 78.8 cm³/mol. The van der Waals surface area contributed by atoms with Gasteiger partial charge in [0.05, 0.1) is 12.3 Å². The van der Waals surface area contributed by atoms with E-state index in [1.165, 1.54) is 0 Å². The Balaban J connectivity index is 1.90. The van der Waals surface area contributed by atoms with Gasteiger partial charge in [-0.25, -0.2) is 0 Å². The molecule has 5 heteroatoms. The van der Waals surface area contributed by atoms with E-state index < -0.39 is 6.10 Å². The number of aliphatic hydroxyl groups is 1. The highest BCUT2D eigenvalue weighted by molar-refractivity contribution is 5.24. The topological polar surface area (TPSA) is 67.3 Å². The SMILES string of the molecule is CN(Cc1cnn(C)c1)CC(O)c1ccc(CN)cc1. The molecule has 2 rings (SSSR count). The van der Waals surface area contributed by atoms with Crippen molar-refractivity contribution >= 4 is 0 Å². The molecule has 0 bridgehead atoms. The van der Waals surface area contributed by atoms with E-state index in [4.69, 9.17) is 5.73 Å². The molecular weight excluding hydrogens is 252 g/mol. The number of likely N-dealkylation sites (N-methyl/N-ethyl adjacent to an activating group) is 1. The zero-order valence-electron chi connectivity index (χ0n) is 12.0. The largest absolute Gasteiger partial charge is 0.387 e. The van der Waals surface area contributed by atoms with E-state index in [9.17, 15) is 5.11 Å². The van der Waals surface area contributed by atoms with Crippen LogP contribution in [0.5, 0.6) is 0 Å². The highest BCUT2D eigenvalue weighted by Gasteiger charge is 2.11. The molecule has 0 aliphatic carbocycles. The van der Waals surface area contributed by atoms with Crippen molar-refractivity contribution in [2.45, 2.75) is 19.2 Å². The zero-order valence-corrected chi connectivity index (χ0v) is 12.0. The van der Waals surface area contributed by atoms with Gasteiger partial charge in [0.1, 0.15) is 0 Å². The van der Waals surface area contributed by atoms with Crippen LogP contribution in [0.2, 0.25) is 0 Å². The summed E-state index contributed by atoms with van der Waals surface area (Å²) in [5, 5.41) is 14.4. The average molecular weight is 274 g/mol. The van der Waals surface area contributed by atoms with Crippen LogP contribution in [0.1, 0.15) is 22.8 Å². The molecule has 5 nitrogen and oxygen atoms in total. The van der Waals surface area contributed by atoms with Crippen LogP contribution in [-0.4, -0.2) is 33.4 Å². The number of aromatic nitrogens is 2. The lowest BCUT2D eigenvalue weighted by atomic mass is 10.1. The fraction of sp³-hybridized carbons (Fsp3) is 0.400. The number of nitrogens with two attached hydrogens (primary N) is 1. The normalized spacial score (nSPS) is 12.8. The van der Waals surface area contributed by atoms with Gasteiger partial charge in [0.2, 0.25) is 0 Å². The van der Waals surface area contributed by atoms with Gasteiger partial charge in [-0.05, 0) is 18.2 Å². The Hall–Kier alpha value is -1.69. The number of nitrogens with zero attached hydrogens (tertiary/aromatic N) is 3. The van der Waals surface area contributed by atoms with E-state index in [0.717, 1.165) is 23.2 Å². The van der Waals surface area contributed by atoms with Crippen molar-refractivity contribution in [2.75, 3.05) is 13.6 Å². The molecule has 1 heterocycles. The Bertz CT molecular complexity index is 535. The molecule has 1 atom stereocenters. The van der Waals surface area contributed by atoms with Crippen molar-refractivity contribution in [3.63, 3.8) is 0 Å². The maximum atomic E-state index is 10.2. The molecule has 2 aromatic rings. The van der Waals surface area contributed by atoms with Gasteiger partial charge >= 0.3 is 0 Å². The molecule has 0 aliphatic heterocycles. The lowest BCUT2D eigenvalue weighted by Gasteiger charge is -2.20. The van der Waals surface area contributed by atoms with Gasteiger partial charge in [0.15, 0.2) is 0 Å². The molecule has 0 spiro atoms. The highest BCUT2D eigenvalue weighted by atomic mass is 16.3. The highest BCUT2D eigenvalue weighted by Crippen LogP contribution is 2.15. The lowest BCUT2D eigenvalue weighted by molar-refractivity contribution is 0.124. The van der Waals surface area contributed by atoms with Crippen LogP contribution in [0.3, 0.4) is 0 Å². The third-order valence-electron chi connectivity index (χ3n) is 3.30. The van der Waals surface area contributed by atoms with E-state index in [-0.39, 0.29) is 0 Å². The molecule has 1 unspecified atom stereocenters. The van der Waals surface area contributed by atoms with Crippen LogP contribution in [0.25, 0.3) is 0 Å². The van der Waals surface area contributed by atoms with Crippen LogP contribution in [-0.2, 0) is 20.1 Å². The second-order valence-electron chi connectivity index (χ2n) is 5.18. The van der Waals surface area contributed by atoms with Gasteiger partial charge < -0.3 is 10.8 Å². The van der Waals surface area contributed by atoms with Gasteiger partial charge in [-0.15, -0.1) is 0 Å². The first kappa shape index (κ1) is 14.7. The minimum Gasteiger partial charge on any atom is -0.387 e. The minimum absolute atomic E-state index is 0.497. The van der Waals surface area contributed by atoms with Gasteiger partial charge in [0.25, 0.3) is 0 Å². The summed E-state index contributed by atoms with van der Waals surface area (Å²) < 4.78 is 1.78. The van der Waals surface area contributed by atoms with Crippen molar-refractivity contribution in [3.8, 4) is 0 Å². The van der Waals surface area contributed by atoms with Gasteiger partial charge in [-0.1, -0.05) is 24.3 Å². The van der Waals surface area contributed by atoms with E-state index in [2.05, 4.69) is 10.00 Å². The Labute approximate surface area is 119 Å². The van der Waals surface area contributed by atoms with Crippen molar-refractivity contribution in [1.29, 1.82) is 0 Å². The maximum Gasteiger partial charge on any atom is 0.0916 e. The average Bonchev–Trinajstić information content (AvgIpc) is 2.84. The minimum atomic E-state index is -0.497. The summed E-state index contributed by atoms with van der Waals surface area (Å²) in [6.07, 6.45) is 3.33. The van der Waals surface area contributed by atoms with E-state index in [1.54, 1.807) is 4.68 Å². The number of aliphatic hydroxyl groups excluding tert-OH is 1. The summed E-state index contributed by atoms with van der Waals surface area (Å²) in [7, 11) is 3.89. The maximum absolute atomic E-state index is 10.2. The van der Waals surface area contributed by atoms with Crippen molar-refractivity contribution in [1.82, 2.24) is 14.7 Å². The summed E-state index contributed by atoms with van der Waals surface area (Å²) in [5.74, 6) is 0. The van der Waals surface area contributed by atoms with Crippen LogP contribution in [0.15, 0.2) is 36.7 Å². The van der Waals surface area contributed by atoms with Crippen LogP contribution >= 0.6 is 0 Å². The molecule has 1 aromatic carbocycles. The van der Waals surface area contributed by atoms with E-state index in [1.807, 2.05) is 50.8 Å². The molecule has 0 amide bonds. The van der Waals surface area contributed by atoms with Gasteiger partial charge in [-0.2, -0.15) is 5.10 Å². The third kappa shape index (κ3) is 3.90. The molecule has 1 aromatic heterocycles. The number of benzene rings is 1. The van der Waals surface area contributed by atoms with Crippen molar-refractivity contribution in [3.05, 3.63) is 53.3 Å². The Morgan fingerprint density at radius 3 is 2.55 bits per heavy atom. The lowest BCUT2D eigenvalue weighted by Crippen LogP contribution is -2.24. The summed E-state index contributed by atoms with van der Waals surface area (Å²) in [6.45, 7) is 1.87. The monoisotopic (exact) mass is 274 g/mol. The molecule has 0 radical (unpaired) electrons. The summed E-state index contributed by atoms with van der Waals surface area (Å²) in [5.41, 5.74) is 8.70.